The fourth-order valence-electron chi connectivity index (χ4n) is 2.68. The van der Waals surface area contributed by atoms with Gasteiger partial charge in [-0.3, -0.25) is 0 Å². The van der Waals surface area contributed by atoms with Gasteiger partial charge in [-0.2, -0.15) is 0 Å². The maximum Gasteiger partial charge on any atom is -0.0155 e. The third kappa shape index (κ3) is 2.69. The second kappa shape index (κ2) is 4.52. The molecular formula is C17H22. The van der Waals surface area contributed by atoms with Gasteiger partial charge in [0.2, 0.25) is 0 Å². The lowest BCUT2D eigenvalue weighted by atomic mass is 9.86. The van der Waals surface area contributed by atoms with Crippen molar-refractivity contribution in [1.82, 2.24) is 0 Å². The molecule has 0 radical (unpaired) electrons. The molecule has 0 aromatic heterocycles. The van der Waals surface area contributed by atoms with Gasteiger partial charge in [-0.15, -0.1) is 0 Å². The molecule has 0 saturated carbocycles. The van der Waals surface area contributed by atoms with Crippen LogP contribution in [-0.2, 0) is 0 Å². The van der Waals surface area contributed by atoms with E-state index in [2.05, 4.69) is 64.1 Å². The molecule has 0 amide bonds. The summed E-state index contributed by atoms with van der Waals surface area (Å²) in [6.45, 7) is 9.08. The van der Waals surface area contributed by atoms with Gasteiger partial charge in [-0.25, -0.2) is 0 Å². The molecular weight excluding hydrogens is 204 g/mol. The van der Waals surface area contributed by atoms with Crippen molar-refractivity contribution in [3.63, 3.8) is 0 Å². The maximum absolute atomic E-state index is 2.43. The number of aryl methyl sites for hydroxylation is 1. The van der Waals surface area contributed by atoms with Crippen molar-refractivity contribution in [3.05, 3.63) is 53.1 Å². The third-order valence-corrected chi connectivity index (χ3v) is 3.60. The monoisotopic (exact) mass is 226 g/mol. The van der Waals surface area contributed by atoms with E-state index in [4.69, 9.17) is 0 Å². The Balaban J connectivity index is 2.46. The SMILES string of the molecule is CC1=CC(C)(C)CCC=C1c1ccccc1C. The molecule has 0 heteroatoms. The molecule has 0 atom stereocenters. The van der Waals surface area contributed by atoms with Crippen molar-refractivity contribution >= 4 is 5.57 Å². The zero-order valence-corrected chi connectivity index (χ0v) is 11.4. The molecule has 1 aliphatic rings. The van der Waals surface area contributed by atoms with Crippen molar-refractivity contribution in [2.75, 3.05) is 0 Å². The number of benzene rings is 1. The number of allylic oxidation sites excluding steroid dienone is 4. The van der Waals surface area contributed by atoms with Gasteiger partial charge in [0.25, 0.3) is 0 Å². The molecule has 17 heavy (non-hydrogen) atoms. The first kappa shape index (κ1) is 12.2. The summed E-state index contributed by atoms with van der Waals surface area (Å²) in [6.07, 6.45) is 7.24. The lowest BCUT2D eigenvalue weighted by Crippen LogP contribution is -2.06. The molecule has 90 valence electrons. The minimum atomic E-state index is 0.324. The molecule has 1 aromatic carbocycles. The molecule has 0 saturated heterocycles. The van der Waals surface area contributed by atoms with E-state index < -0.39 is 0 Å². The summed E-state index contributed by atoms with van der Waals surface area (Å²) in [5.74, 6) is 0. The van der Waals surface area contributed by atoms with E-state index in [1.807, 2.05) is 0 Å². The van der Waals surface area contributed by atoms with Gasteiger partial charge >= 0.3 is 0 Å². The van der Waals surface area contributed by atoms with Crippen LogP contribution in [-0.4, -0.2) is 0 Å². The zero-order chi connectivity index (χ0) is 12.5. The van der Waals surface area contributed by atoms with Gasteiger partial charge < -0.3 is 0 Å². The largest absolute Gasteiger partial charge is 0.0764 e. The molecule has 0 heterocycles. The standard InChI is InChI=1S/C17H22/c1-13-8-5-6-9-15(13)16-10-7-11-17(3,4)12-14(16)2/h5-6,8-10,12H,7,11H2,1-4H3. The highest BCUT2D eigenvalue weighted by atomic mass is 14.2. The fraction of sp³-hybridized carbons (Fsp3) is 0.412. The molecule has 0 spiro atoms. The Morgan fingerprint density at radius 2 is 1.76 bits per heavy atom. The Morgan fingerprint density at radius 1 is 1.06 bits per heavy atom. The Labute approximate surface area is 105 Å². The second-order valence-corrected chi connectivity index (χ2v) is 5.79. The Hall–Kier alpha value is -1.30. The predicted octanol–water partition coefficient (Wildman–Crippen LogP) is 5.14. The van der Waals surface area contributed by atoms with Crippen LogP contribution in [0.2, 0.25) is 0 Å². The van der Waals surface area contributed by atoms with Crippen LogP contribution in [0.1, 0.15) is 44.7 Å². The first-order valence-electron chi connectivity index (χ1n) is 6.46. The summed E-state index contributed by atoms with van der Waals surface area (Å²) in [5, 5.41) is 0. The molecule has 0 aliphatic heterocycles. The molecule has 0 nitrogen and oxygen atoms in total. The Bertz CT molecular complexity index is 473. The maximum atomic E-state index is 2.43. The third-order valence-electron chi connectivity index (χ3n) is 3.60. The van der Waals surface area contributed by atoms with Crippen LogP contribution in [0.25, 0.3) is 5.57 Å². The van der Waals surface area contributed by atoms with Crippen LogP contribution >= 0.6 is 0 Å². The Morgan fingerprint density at radius 3 is 2.47 bits per heavy atom. The van der Waals surface area contributed by atoms with E-state index in [0.29, 0.717) is 5.41 Å². The van der Waals surface area contributed by atoms with Gasteiger partial charge in [0, 0.05) is 0 Å². The highest BCUT2D eigenvalue weighted by Gasteiger charge is 2.19. The normalized spacial score (nSPS) is 19.3. The predicted molar refractivity (Wildman–Crippen MR) is 75.9 cm³/mol. The summed E-state index contributed by atoms with van der Waals surface area (Å²) in [7, 11) is 0. The quantitative estimate of drug-likeness (QED) is 0.621. The first-order chi connectivity index (χ1) is 7.99. The average molecular weight is 226 g/mol. The summed E-state index contributed by atoms with van der Waals surface area (Å²) < 4.78 is 0. The molecule has 0 N–H and O–H groups in total. The average Bonchev–Trinajstić information content (AvgIpc) is 2.37. The highest BCUT2D eigenvalue weighted by molar-refractivity contribution is 5.80. The molecule has 2 rings (SSSR count). The Kier molecular flexibility index (Phi) is 3.24. The molecule has 0 unspecified atom stereocenters. The van der Waals surface area contributed by atoms with Crippen LogP contribution in [0.3, 0.4) is 0 Å². The van der Waals surface area contributed by atoms with Crippen molar-refractivity contribution in [2.45, 2.75) is 40.5 Å². The summed E-state index contributed by atoms with van der Waals surface area (Å²) >= 11 is 0. The van der Waals surface area contributed by atoms with Crippen LogP contribution in [0, 0.1) is 12.3 Å². The number of hydrogen-bond donors (Lipinski definition) is 0. The second-order valence-electron chi connectivity index (χ2n) is 5.79. The van der Waals surface area contributed by atoms with Crippen LogP contribution < -0.4 is 0 Å². The number of hydrogen-bond acceptors (Lipinski definition) is 0. The van der Waals surface area contributed by atoms with Gasteiger partial charge in [0.05, 0.1) is 0 Å². The zero-order valence-electron chi connectivity index (χ0n) is 11.4. The van der Waals surface area contributed by atoms with Gasteiger partial charge in [-0.1, -0.05) is 50.3 Å². The van der Waals surface area contributed by atoms with E-state index in [1.165, 1.54) is 35.1 Å². The summed E-state index contributed by atoms with van der Waals surface area (Å²) in [6, 6.07) is 8.67. The van der Waals surface area contributed by atoms with Crippen LogP contribution in [0.4, 0.5) is 0 Å². The van der Waals surface area contributed by atoms with Gasteiger partial charge in [0.15, 0.2) is 0 Å². The van der Waals surface area contributed by atoms with E-state index in [1.54, 1.807) is 0 Å². The van der Waals surface area contributed by atoms with E-state index >= 15 is 0 Å². The topological polar surface area (TPSA) is 0 Å². The minimum absolute atomic E-state index is 0.324. The van der Waals surface area contributed by atoms with Crippen LogP contribution in [0.5, 0.6) is 0 Å². The first-order valence-corrected chi connectivity index (χ1v) is 6.46. The van der Waals surface area contributed by atoms with Crippen LogP contribution in [0.15, 0.2) is 42.0 Å². The molecule has 1 aromatic rings. The van der Waals surface area contributed by atoms with E-state index in [0.717, 1.165) is 0 Å². The fourth-order valence-corrected chi connectivity index (χ4v) is 2.68. The van der Waals surface area contributed by atoms with Crippen molar-refractivity contribution in [2.24, 2.45) is 5.41 Å². The number of rotatable bonds is 1. The van der Waals surface area contributed by atoms with E-state index in [9.17, 15) is 0 Å². The van der Waals surface area contributed by atoms with E-state index in [-0.39, 0.29) is 0 Å². The molecule has 1 aliphatic carbocycles. The smallest absolute Gasteiger partial charge is 0.0155 e. The molecule has 0 bridgehead atoms. The van der Waals surface area contributed by atoms with Crippen molar-refractivity contribution in [3.8, 4) is 0 Å². The van der Waals surface area contributed by atoms with Gasteiger partial charge in [-0.05, 0) is 54.4 Å². The summed E-state index contributed by atoms with van der Waals surface area (Å²) in [4.78, 5) is 0. The van der Waals surface area contributed by atoms with Crippen molar-refractivity contribution in [1.29, 1.82) is 0 Å². The highest BCUT2D eigenvalue weighted by Crippen LogP contribution is 2.36. The van der Waals surface area contributed by atoms with Gasteiger partial charge in [0.1, 0.15) is 0 Å². The lowest BCUT2D eigenvalue weighted by molar-refractivity contribution is 0.443. The van der Waals surface area contributed by atoms with Crippen molar-refractivity contribution < 1.29 is 0 Å². The minimum Gasteiger partial charge on any atom is -0.0764 e. The lowest BCUT2D eigenvalue weighted by Gasteiger charge is -2.18. The molecule has 0 fully saturated rings. The summed E-state index contributed by atoms with van der Waals surface area (Å²) in [5.41, 5.74) is 5.92.